The van der Waals surface area contributed by atoms with Crippen LogP contribution in [0.15, 0.2) is 0 Å². The van der Waals surface area contributed by atoms with Crippen LogP contribution in [0.3, 0.4) is 0 Å². The van der Waals surface area contributed by atoms with Crippen molar-refractivity contribution in [2.75, 3.05) is 32.7 Å². The summed E-state index contributed by atoms with van der Waals surface area (Å²) >= 11 is 5.45. The van der Waals surface area contributed by atoms with Crippen molar-refractivity contribution in [2.24, 2.45) is 0 Å². The first-order valence-corrected chi connectivity index (χ1v) is 7.49. The van der Waals surface area contributed by atoms with E-state index < -0.39 is 0 Å². The summed E-state index contributed by atoms with van der Waals surface area (Å²) in [4.78, 5) is 5.00. The molecule has 1 unspecified atom stereocenters. The number of rotatable bonds is 4. The van der Waals surface area contributed by atoms with Gasteiger partial charge in [0.1, 0.15) is 0 Å². The molecule has 0 aromatic carbocycles. The van der Waals surface area contributed by atoms with E-state index in [9.17, 15) is 0 Å². The number of nitrogens with zero attached hydrogens (tertiary/aromatic N) is 2. The first kappa shape index (κ1) is 13.1. The van der Waals surface area contributed by atoms with Crippen molar-refractivity contribution in [1.82, 2.24) is 15.1 Å². The Hall–Kier alpha value is -0.350. The monoisotopic (exact) mass is 255 g/mol. The van der Waals surface area contributed by atoms with Crippen LogP contribution in [0.2, 0.25) is 0 Å². The van der Waals surface area contributed by atoms with Crippen molar-refractivity contribution in [3.63, 3.8) is 0 Å². The minimum absolute atomic E-state index is 0.753. The molecule has 4 heteroatoms. The lowest BCUT2D eigenvalue weighted by Crippen LogP contribution is -2.41. The molecule has 0 aromatic heterocycles. The number of nitrogens with one attached hydrogen (secondary N) is 1. The Bertz CT molecular complexity index is 251. The van der Waals surface area contributed by atoms with Gasteiger partial charge >= 0.3 is 0 Å². The van der Waals surface area contributed by atoms with Gasteiger partial charge in [-0.1, -0.05) is 13.3 Å². The molecule has 0 aromatic rings. The van der Waals surface area contributed by atoms with E-state index in [1.807, 2.05) is 0 Å². The molecule has 0 saturated carbocycles. The predicted molar refractivity (Wildman–Crippen MR) is 76.3 cm³/mol. The third-order valence-electron chi connectivity index (χ3n) is 3.91. The number of thiocarbonyl (C=S) groups is 1. The maximum atomic E-state index is 5.45. The van der Waals surface area contributed by atoms with Crippen molar-refractivity contribution < 1.29 is 0 Å². The standard InChI is InChI=1S/C13H25N3S/c1-2-3-7-14-13(17)16-10-6-12(11-16)15-8-4-5-9-15/h12H,2-11H2,1H3,(H,14,17). The highest BCUT2D eigenvalue weighted by molar-refractivity contribution is 7.80. The van der Waals surface area contributed by atoms with Gasteiger partial charge in [0.15, 0.2) is 5.11 Å². The second-order valence-electron chi connectivity index (χ2n) is 5.22. The largest absolute Gasteiger partial charge is 0.363 e. The maximum Gasteiger partial charge on any atom is 0.168 e. The topological polar surface area (TPSA) is 18.5 Å². The fraction of sp³-hybridized carbons (Fsp3) is 0.923. The normalized spacial score (nSPS) is 25.5. The van der Waals surface area contributed by atoms with Crippen LogP contribution in [0.25, 0.3) is 0 Å². The van der Waals surface area contributed by atoms with Crippen molar-refractivity contribution >= 4 is 17.3 Å². The quantitative estimate of drug-likeness (QED) is 0.610. The minimum atomic E-state index is 0.753. The van der Waals surface area contributed by atoms with Gasteiger partial charge in [-0.3, -0.25) is 4.90 Å². The highest BCUT2D eigenvalue weighted by Gasteiger charge is 2.29. The molecule has 98 valence electrons. The lowest BCUT2D eigenvalue weighted by Gasteiger charge is -2.25. The number of unbranched alkanes of at least 4 members (excludes halogenated alkanes) is 1. The van der Waals surface area contributed by atoms with Gasteiger partial charge in [0.05, 0.1) is 0 Å². The van der Waals surface area contributed by atoms with E-state index in [1.54, 1.807) is 0 Å². The molecule has 17 heavy (non-hydrogen) atoms. The van der Waals surface area contributed by atoms with Gasteiger partial charge < -0.3 is 10.2 Å². The number of likely N-dealkylation sites (tertiary alicyclic amines) is 2. The molecule has 2 heterocycles. The van der Waals surface area contributed by atoms with Crippen LogP contribution in [0, 0.1) is 0 Å². The Morgan fingerprint density at radius 3 is 2.76 bits per heavy atom. The first-order valence-electron chi connectivity index (χ1n) is 7.08. The first-order chi connectivity index (χ1) is 8.31. The average Bonchev–Trinajstić information content (AvgIpc) is 3.00. The second-order valence-corrected chi connectivity index (χ2v) is 5.60. The van der Waals surface area contributed by atoms with Crippen molar-refractivity contribution in [3.05, 3.63) is 0 Å². The summed E-state index contributed by atoms with van der Waals surface area (Å²) < 4.78 is 0. The van der Waals surface area contributed by atoms with Crippen molar-refractivity contribution in [2.45, 2.75) is 45.1 Å². The third-order valence-corrected chi connectivity index (χ3v) is 4.32. The Morgan fingerprint density at radius 1 is 1.29 bits per heavy atom. The molecule has 0 radical (unpaired) electrons. The number of hydrogen-bond acceptors (Lipinski definition) is 2. The van der Waals surface area contributed by atoms with Crippen LogP contribution < -0.4 is 5.32 Å². The minimum Gasteiger partial charge on any atom is -0.363 e. The van der Waals surface area contributed by atoms with Crippen LogP contribution in [0.1, 0.15) is 39.0 Å². The van der Waals surface area contributed by atoms with E-state index in [0.717, 1.165) is 30.8 Å². The van der Waals surface area contributed by atoms with Crippen molar-refractivity contribution in [3.8, 4) is 0 Å². The van der Waals surface area contributed by atoms with E-state index in [-0.39, 0.29) is 0 Å². The van der Waals surface area contributed by atoms with Gasteiger partial charge in [-0.2, -0.15) is 0 Å². The van der Waals surface area contributed by atoms with Gasteiger partial charge in [0.2, 0.25) is 0 Å². The van der Waals surface area contributed by atoms with Crippen LogP contribution in [-0.2, 0) is 0 Å². The molecule has 2 fully saturated rings. The highest BCUT2D eigenvalue weighted by atomic mass is 32.1. The van der Waals surface area contributed by atoms with E-state index >= 15 is 0 Å². The van der Waals surface area contributed by atoms with E-state index in [1.165, 1.54) is 45.2 Å². The molecule has 0 bridgehead atoms. The van der Waals surface area contributed by atoms with Crippen LogP contribution >= 0.6 is 12.2 Å². The lowest BCUT2D eigenvalue weighted by atomic mass is 10.2. The zero-order chi connectivity index (χ0) is 12.1. The number of hydrogen-bond donors (Lipinski definition) is 1. The summed E-state index contributed by atoms with van der Waals surface area (Å²) in [6, 6.07) is 0.753. The Balaban J connectivity index is 1.71. The van der Waals surface area contributed by atoms with Crippen molar-refractivity contribution in [1.29, 1.82) is 0 Å². The SMILES string of the molecule is CCCCNC(=S)N1CCC(N2CCCC2)C1. The third kappa shape index (κ3) is 3.55. The second kappa shape index (κ2) is 6.55. The molecule has 0 amide bonds. The van der Waals surface area contributed by atoms with Gasteiger partial charge in [0, 0.05) is 25.7 Å². The van der Waals surface area contributed by atoms with Gasteiger partial charge in [-0.25, -0.2) is 0 Å². The molecule has 2 aliphatic heterocycles. The molecular weight excluding hydrogens is 230 g/mol. The lowest BCUT2D eigenvalue weighted by molar-refractivity contribution is 0.249. The fourth-order valence-corrected chi connectivity index (χ4v) is 3.08. The Morgan fingerprint density at radius 2 is 2.06 bits per heavy atom. The molecule has 1 atom stereocenters. The zero-order valence-corrected chi connectivity index (χ0v) is 11.8. The molecule has 1 N–H and O–H groups in total. The van der Waals surface area contributed by atoms with Crippen LogP contribution in [-0.4, -0.2) is 53.7 Å². The molecule has 0 spiro atoms. The van der Waals surface area contributed by atoms with Gasteiger partial charge in [-0.05, 0) is 51.0 Å². The van der Waals surface area contributed by atoms with Crippen LogP contribution in [0.4, 0.5) is 0 Å². The molecule has 2 saturated heterocycles. The molecule has 2 aliphatic rings. The zero-order valence-electron chi connectivity index (χ0n) is 11.0. The summed E-state index contributed by atoms with van der Waals surface area (Å²) in [6.07, 6.45) is 6.50. The molecule has 0 aliphatic carbocycles. The van der Waals surface area contributed by atoms with E-state index in [4.69, 9.17) is 12.2 Å². The summed E-state index contributed by atoms with van der Waals surface area (Å²) in [5.74, 6) is 0. The fourth-order valence-electron chi connectivity index (χ4n) is 2.81. The summed E-state index contributed by atoms with van der Waals surface area (Å²) in [6.45, 7) is 8.12. The smallest absolute Gasteiger partial charge is 0.168 e. The van der Waals surface area contributed by atoms with E-state index in [0.29, 0.717) is 0 Å². The van der Waals surface area contributed by atoms with Crippen LogP contribution in [0.5, 0.6) is 0 Å². The van der Waals surface area contributed by atoms with Gasteiger partial charge in [0.25, 0.3) is 0 Å². The summed E-state index contributed by atoms with van der Waals surface area (Å²) in [5.41, 5.74) is 0. The van der Waals surface area contributed by atoms with E-state index in [2.05, 4.69) is 22.0 Å². The summed E-state index contributed by atoms with van der Waals surface area (Å²) in [5, 5.41) is 4.35. The predicted octanol–water partition coefficient (Wildman–Crippen LogP) is 1.83. The Kier molecular flexibility index (Phi) is 5.04. The summed E-state index contributed by atoms with van der Waals surface area (Å²) in [7, 11) is 0. The van der Waals surface area contributed by atoms with Gasteiger partial charge in [-0.15, -0.1) is 0 Å². The Labute approximate surface area is 111 Å². The molecule has 2 rings (SSSR count). The highest BCUT2D eigenvalue weighted by Crippen LogP contribution is 2.20. The average molecular weight is 255 g/mol. The molecular formula is C13H25N3S. The maximum absolute atomic E-state index is 5.45. The molecule has 3 nitrogen and oxygen atoms in total.